The van der Waals surface area contributed by atoms with Gasteiger partial charge in [-0.1, -0.05) is 11.6 Å². The van der Waals surface area contributed by atoms with Crippen LogP contribution in [0.4, 0.5) is 10.1 Å². The Morgan fingerprint density at radius 1 is 1.23 bits per heavy atom. The van der Waals surface area contributed by atoms with Gasteiger partial charge in [0.05, 0.1) is 25.6 Å². The summed E-state index contributed by atoms with van der Waals surface area (Å²) in [7, 11) is -3.88. The highest BCUT2D eigenvalue weighted by molar-refractivity contribution is 9.10. The lowest BCUT2D eigenvalue weighted by Crippen LogP contribution is -2.42. The second-order valence-corrected chi connectivity index (χ2v) is 10.6. The molecule has 30 heavy (non-hydrogen) atoms. The predicted molar refractivity (Wildman–Crippen MR) is 117 cm³/mol. The average Bonchev–Trinajstić information content (AvgIpc) is 2.66. The molecule has 0 bridgehead atoms. The molecule has 1 amide bonds. The van der Waals surface area contributed by atoms with Crippen LogP contribution in [0.25, 0.3) is 0 Å². The van der Waals surface area contributed by atoms with Crippen molar-refractivity contribution in [1.82, 2.24) is 4.72 Å². The molecule has 2 aromatic rings. The number of aliphatic hydroxyl groups is 1. The number of rotatable bonds is 5. The monoisotopic (exact) mass is 518 g/mol. The molecule has 1 aliphatic carbocycles. The summed E-state index contributed by atoms with van der Waals surface area (Å²) in [6, 6.07) is 7.55. The van der Waals surface area contributed by atoms with Gasteiger partial charge in [0.25, 0.3) is 5.91 Å². The largest absolute Gasteiger partial charge is 0.390 e. The summed E-state index contributed by atoms with van der Waals surface area (Å²) in [6.07, 6.45) is 2.04. The molecule has 1 aliphatic rings. The fourth-order valence-electron chi connectivity index (χ4n) is 3.26. The zero-order chi connectivity index (χ0) is 22.1. The van der Waals surface area contributed by atoms with Crippen molar-refractivity contribution < 1.29 is 22.7 Å². The fourth-order valence-corrected chi connectivity index (χ4v) is 5.18. The van der Waals surface area contributed by atoms with Crippen LogP contribution < -0.4 is 10.0 Å². The fraction of sp³-hybridized carbons (Fsp3) is 0.350. The third kappa shape index (κ3) is 5.59. The number of anilines is 1. The van der Waals surface area contributed by atoms with E-state index in [9.17, 15) is 22.7 Å². The van der Waals surface area contributed by atoms with Crippen LogP contribution in [0.15, 0.2) is 45.8 Å². The van der Waals surface area contributed by atoms with Crippen molar-refractivity contribution in [1.29, 1.82) is 0 Å². The van der Waals surface area contributed by atoms with E-state index in [1.807, 2.05) is 0 Å². The van der Waals surface area contributed by atoms with E-state index in [1.54, 1.807) is 6.92 Å². The van der Waals surface area contributed by atoms with Gasteiger partial charge in [-0.15, -0.1) is 0 Å². The lowest BCUT2D eigenvalue weighted by atomic mass is 9.84. The van der Waals surface area contributed by atoms with Crippen LogP contribution in [0.1, 0.15) is 43.0 Å². The first-order valence-electron chi connectivity index (χ1n) is 9.27. The van der Waals surface area contributed by atoms with Crippen LogP contribution >= 0.6 is 27.5 Å². The molecule has 10 heteroatoms. The highest BCUT2D eigenvalue weighted by Crippen LogP contribution is 2.29. The standard InChI is InChI=1S/C20H21BrClFN2O4S/c1-20(27)8-6-12(7-9-20)25-30(28,29)14-3-4-17(22)15(11-14)19(26)24-13-2-5-18(23)16(21)10-13/h2-5,10-12,25,27H,6-9H2,1H3,(H,24,26). The minimum Gasteiger partial charge on any atom is -0.390 e. The van der Waals surface area contributed by atoms with Gasteiger partial charge in [-0.2, -0.15) is 0 Å². The molecule has 0 unspecified atom stereocenters. The van der Waals surface area contributed by atoms with Gasteiger partial charge < -0.3 is 10.4 Å². The number of halogens is 3. The zero-order valence-electron chi connectivity index (χ0n) is 16.1. The quantitative estimate of drug-likeness (QED) is 0.543. The Kier molecular flexibility index (Phi) is 6.88. The summed E-state index contributed by atoms with van der Waals surface area (Å²) in [5.41, 5.74) is -0.473. The first-order chi connectivity index (χ1) is 14.0. The molecule has 0 atom stereocenters. The summed E-state index contributed by atoms with van der Waals surface area (Å²) in [5.74, 6) is -1.10. The maximum atomic E-state index is 13.4. The number of hydrogen-bond acceptors (Lipinski definition) is 4. The Morgan fingerprint density at radius 3 is 2.53 bits per heavy atom. The molecule has 162 valence electrons. The number of carbonyl (C=O) groups excluding carboxylic acids is 1. The van der Waals surface area contributed by atoms with Crippen LogP contribution in [0, 0.1) is 5.82 Å². The zero-order valence-corrected chi connectivity index (χ0v) is 19.2. The summed E-state index contributed by atoms with van der Waals surface area (Å²) in [4.78, 5) is 12.5. The van der Waals surface area contributed by atoms with Crippen molar-refractivity contribution >= 4 is 49.1 Å². The van der Waals surface area contributed by atoms with E-state index in [2.05, 4.69) is 26.0 Å². The summed E-state index contributed by atoms with van der Waals surface area (Å²) >= 11 is 9.16. The molecule has 0 saturated heterocycles. The van der Waals surface area contributed by atoms with E-state index < -0.39 is 27.3 Å². The van der Waals surface area contributed by atoms with Gasteiger partial charge in [-0.05, 0) is 84.9 Å². The number of benzene rings is 2. The molecule has 0 aliphatic heterocycles. The highest BCUT2D eigenvalue weighted by atomic mass is 79.9. The molecular weight excluding hydrogens is 499 g/mol. The van der Waals surface area contributed by atoms with E-state index in [0.717, 1.165) is 0 Å². The molecule has 1 saturated carbocycles. The van der Waals surface area contributed by atoms with Crippen LogP contribution in [-0.2, 0) is 10.0 Å². The molecule has 1 fully saturated rings. The molecule has 3 rings (SSSR count). The topological polar surface area (TPSA) is 95.5 Å². The minimum atomic E-state index is -3.88. The maximum absolute atomic E-state index is 13.4. The number of sulfonamides is 1. The van der Waals surface area contributed by atoms with Gasteiger partial charge in [0.1, 0.15) is 5.82 Å². The van der Waals surface area contributed by atoms with Gasteiger partial charge in [0.2, 0.25) is 10.0 Å². The smallest absolute Gasteiger partial charge is 0.257 e. The van der Waals surface area contributed by atoms with Crippen LogP contribution in [0.2, 0.25) is 5.02 Å². The normalized spacial score (nSPS) is 22.0. The Labute approximate surface area is 188 Å². The SMILES string of the molecule is CC1(O)CCC(NS(=O)(=O)c2ccc(Cl)c(C(=O)Nc3ccc(F)c(Br)c3)c2)CC1. The Hall–Kier alpha value is -1.52. The van der Waals surface area contributed by atoms with Crippen molar-refractivity contribution in [2.75, 3.05) is 5.32 Å². The number of hydrogen-bond donors (Lipinski definition) is 3. The van der Waals surface area contributed by atoms with Crippen LogP contribution in [0.3, 0.4) is 0 Å². The third-order valence-corrected chi connectivity index (χ3v) is 7.51. The number of carbonyl (C=O) groups is 1. The van der Waals surface area contributed by atoms with Crippen molar-refractivity contribution in [3.63, 3.8) is 0 Å². The van der Waals surface area contributed by atoms with Crippen molar-refractivity contribution in [3.05, 3.63) is 57.3 Å². The van der Waals surface area contributed by atoms with Crippen molar-refractivity contribution in [3.8, 4) is 0 Å². The Bertz CT molecular complexity index is 1070. The first-order valence-corrected chi connectivity index (χ1v) is 11.9. The first kappa shape index (κ1) is 23.1. The molecule has 0 aromatic heterocycles. The van der Waals surface area contributed by atoms with E-state index in [4.69, 9.17) is 11.6 Å². The van der Waals surface area contributed by atoms with Gasteiger partial charge in [-0.3, -0.25) is 4.79 Å². The molecule has 0 spiro atoms. The van der Waals surface area contributed by atoms with E-state index in [0.29, 0.717) is 31.4 Å². The van der Waals surface area contributed by atoms with Gasteiger partial charge in [-0.25, -0.2) is 17.5 Å². The Morgan fingerprint density at radius 2 is 1.90 bits per heavy atom. The molecule has 0 heterocycles. The summed E-state index contributed by atoms with van der Waals surface area (Å²) < 4.78 is 41.8. The van der Waals surface area contributed by atoms with Crippen LogP contribution in [0.5, 0.6) is 0 Å². The average molecular weight is 520 g/mol. The third-order valence-electron chi connectivity index (χ3n) is 5.05. The highest BCUT2D eigenvalue weighted by Gasteiger charge is 2.31. The molecule has 0 radical (unpaired) electrons. The minimum absolute atomic E-state index is 0.0217. The van der Waals surface area contributed by atoms with E-state index >= 15 is 0 Å². The molecule has 6 nitrogen and oxygen atoms in total. The van der Waals surface area contributed by atoms with Gasteiger partial charge in [0, 0.05) is 11.7 Å². The van der Waals surface area contributed by atoms with Gasteiger partial charge >= 0.3 is 0 Å². The second-order valence-electron chi connectivity index (χ2n) is 7.62. The summed E-state index contributed by atoms with van der Waals surface area (Å²) in [5, 5.41) is 12.7. The van der Waals surface area contributed by atoms with Gasteiger partial charge in [0.15, 0.2) is 0 Å². The lowest BCUT2D eigenvalue weighted by molar-refractivity contribution is 0.0163. The second kappa shape index (κ2) is 8.92. The van der Waals surface area contributed by atoms with Crippen molar-refractivity contribution in [2.24, 2.45) is 0 Å². The molecule has 2 aromatic carbocycles. The maximum Gasteiger partial charge on any atom is 0.257 e. The van der Waals surface area contributed by atoms with Crippen molar-refractivity contribution in [2.45, 2.75) is 49.1 Å². The number of nitrogens with one attached hydrogen (secondary N) is 2. The predicted octanol–water partition coefficient (Wildman–Crippen LogP) is 4.47. The lowest BCUT2D eigenvalue weighted by Gasteiger charge is -2.33. The van der Waals surface area contributed by atoms with Crippen LogP contribution in [-0.4, -0.2) is 31.1 Å². The molecular formula is C20H21BrClFN2O4S. The van der Waals surface area contributed by atoms with E-state index in [1.165, 1.54) is 36.4 Å². The number of amides is 1. The Balaban J connectivity index is 1.78. The molecule has 3 N–H and O–H groups in total. The van der Waals surface area contributed by atoms with E-state index in [-0.39, 0.29) is 26.0 Å². The summed E-state index contributed by atoms with van der Waals surface area (Å²) in [6.45, 7) is 1.74.